The molecular formula is C52H111N7O5. The van der Waals surface area contributed by atoms with Crippen molar-refractivity contribution in [2.75, 3.05) is 132 Å². The van der Waals surface area contributed by atoms with Crippen molar-refractivity contribution in [3.63, 3.8) is 0 Å². The van der Waals surface area contributed by atoms with Gasteiger partial charge in [0.1, 0.15) is 5.72 Å². The minimum Gasteiger partial charge on any atom is -0.396 e. The van der Waals surface area contributed by atoms with Gasteiger partial charge in [0.15, 0.2) is 0 Å². The Morgan fingerprint density at radius 2 is 1.08 bits per heavy atom. The molecule has 1 rings (SSSR count). The molecule has 0 aliphatic heterocycles. The van der Waals surface area contributed by atoms with Crippen LogP contribution in [-0.4, -0.2) is 194 Å². The molecule has 0 aromatic carbocycles. The van der Waals surface area contributed by atoms with Gasteiger partial charge < -0.3 is 40.4 Å². The number of hydrogen-bond acceptors (Lipinski definition) is 12. The lowest BCUT2D eigenvalue weighted by Gasteiger charge is -2.46. The lowest BCUT2D eigenvalue weighted by Crippen LogP contribution is -2.56. The number of aliphatic hydroxyl groups is 2. The Labute approximate surface area is 397 Å². The molecule has 4 atom stereocenters. The van der Waals surface area contributed by atoms with Crippen LogP contribution in [0.4, 0.5) is 0 Å². The van der Waals surface area contributed by atoms with Crippen molar-refractivity contribution in [2.24, 2.45) is 28.4 Å². The molecule has 0 radical (unpaired) electrons. The molecule has 1 saturated carbocycles. The van der Waals surface area contributed by atoms with Crippen molar-refractivity contribution in [3.8, 4) is 0 Å². The van der Waals surface area contributed by atoms with Gasteiger partial charge in [0, 0.05) is 126 Å². The van der Waals surface area contributed by atoms with E-state index in [0.29, 0.717) is 25.7 Å². The third-order valence-corrected chi connectivity index (χ3v) is 16.6. The molecule has 0 aromatic heterocycles. The van der Waals surface area contributed by atoms with Crippen molar-refractivity contribution in [1.29, 1.82) is 0 Å². The molecule has 0 saturated heterocycles. The van der Waals surface area contributed by atoms with Crippen LogP contribution in [0.25, 0.3) is 0 Å². The molecule has 1 aliphatic rings. The Kier molecular flexibility index (Phi) is 27.2. The fourth-order valence-electron chi connectivity index (χ4n) is 9.73. The summed E-state index contributed by atoms with van der Waals surface area (Å²) in [5, 5.41) is 23.6. The maximum absolute atomic E-state index is 9.92. The second-order valence-electron chi connectivity index (χ2n) is 22.9. The second-order valence-corrected chi connectivity index (χ2v) is 22.9. The van der Waals surface area contributed by atoms with Gasteiger partial charge in [-0.15, -0.1) is 0 Å². The van der Waals surface area contributed by atoms with E-state index in [4.69, 9.17) is 19.9 Å². The van der Waals surface area contributed by atoms with Crippen LogP contribution in [0.15, 0.2) is 0 Å². The zero-order valence-electron chi connectivity index (χ0n) is 45.8. The molecule has 1 fully saturated rings. The third kappa shape index (κ3) is 19.1. The molecular weight excluding hydrogens is 803 g/mol. The van der Waals surface area contributed by atoms with Gasteiger partial charge in [-0.25, -0.2) is 0 Å². The summed E-state index contributed by atoms with van der Waals surface area (Å²) in [7, 11) is 1.74. The molecule has 5 N–H and O–H groups in total. The van der Waals surface area contributed by atoms with Crippen LogP contribution in [0.1, 0.15) is 156 Å². The molecule has 0 bridgehead atoms. The molecule has 4 unspecified atom stereocenters. The highest BCUT2D eigenvalue weighted by molar-refractivity contribution is 5.08. The van der Waals surface area contributed by atoms with E-state index in [-0.39, 0.29) is 52.2 Å². The van der Waals surface area contributed by atoms with E-state index in [1.165, 1.54) is 12.8 Å². The molecule has 1 aliphatic carbocycles. The number of hydrogen-bond donors (Lipinski definition) is 4. The maximum atomic E-state index is 9.92. The first-order valence-corrected chi connectivity index (χ1v) is 25.9. The van der Waals surface area contributed by atoms with Gasteiger partial charge in [-0.3, -0.25) is 19.6 Å². The smallest absolute Gasteiger partial charge is 0.119 e. The minimum absolute atomic E-state index is 0.0240. The van der Waals surface area contributed by atoms with Gasteiger partial charge in [-0.1, -0.05) is 55.4 Å². The van der Waals surface area contributed by atoms with Crippen molar-refractivity contribution >= 4 is 0 Å². The van der Waals surface area contributed by atoms with Gasteiger partial charge in [0.25, 0.3) is 0 Å². The van der Waals surface area contributed by atoms with Crippen LogP contribution in [0.2, 0.25) is 0 Å². The largest absolute Gasteiger partial charge is 0.396 e. The highest BCUT2D eigenvalue weighted by atomic mass is 16.5. The SMILES string of the molecule is CCCN(CCC)CCN(CCN(CC)C(C)(C)CCO)CCN(CCNCCN(CC)C(C)(C)CCOC(C)(N)C(C)(C)C(C)COC)C(C)(C)CCOC(C)(C)C1(C)CC1CO. The van der Waals surface area contributed by atoms with Crippen molar-refractivity contribution in [1.82, 2.24) is 29.8 Å². The van der Waals surface area contributed by atoms with E-state index in [9.17, 15) is 10.2 Å². The molecule has 384 valence electrons. The second kappa shape index (κ2) is 28.3. The zero-order valence-corrected chi connectivity index (χ0v) is 45.8. The normalized spacial score (nSPS) is 19.5. The minimum atomic E-state index is -0.769. The third-order valence-electron chi connectivity index (χ3n) is 16.6. The van der Waals surface area contributed by atoms with Crippen molar-refractivity contribution in [2.45, 2.75) is 184 Å². The molecule has 12 nitrogen and oxygen atoms in total. The average Bonchev–Trinajstić information content (AvgIpc) is 3.90. The summed E-state index contributed by atoms with van der Waals surface area (Å²) in [4.78, 5) is 13.2. The van der Waals surface area contributed by atoms with Crippen LogP contribution < -0.4 is 11.1 Å². The van der Waals surface area contributed by atoms with Crippen molar-refractivity contribution in [3.05, 3.63) is 0 Å². The quantitative estimate of drug-likeness (QED) is 0.0366. The predicted octanol–water partition coefficient (Wildman–Crippen LogP) is 7.26. The Morgan fingerprint density at radius 1 is 0.641 bits per heavy atom. The molecule has 0 heterocycles. The van der Waals surface area contributed by atoms with Crippen molar-refractivity contribution < 1.29 is 24.4 Å². The lowest BCUT2D eigenvalue weighted by molar-refractivity contribution is -0.140. The van der Waals surface area contributed by atoms with Gasteiger partial charge in [0.05, 0.1) is 12.2 Å². The molecule has 64 heavy (non-hydrogen) atoms. The van der Waals surface area contributed by atoms with Gasteiger partial charge in [0.2, 0.25) is 0 Å². The number of methoxy groups -OCH3 is 1. The monoisotopic (exact) mass is 914 g/mol. The van der Waals surface area contributed by atoms with E-state index in [0.717, 1.165) is 117 Å². The first kappa shape index (κ1) is 61.5. The molecule has 0 amide bonds. The van der Waals surface area contributed by atoms with E-state index in [1.54, 1.807) is 7.11 Å². The summed E-state index contributed by atoms with van der Waals surface area (Å²) in [6, 6.07) is 0. The van der Waals surface area contributed by atoms with E-state index >= 15 is 0 Å². The van der Waals surface area contributed by atoms with E-state index in [2.05, 4.69) is 141 Å². The topological polar surface area (TPSA) is 122 Å². The Morgan fingerprint density at radius 3 is 1.55 bits per heavy atom. The summed E-state index contributed by atoms with van der Waals surface area (Å²) in [5.41, 5.74) is 5.37. The average molecular weight is 915 g/mol. The van der Waals surface area contributed by atoms with Crippen LogP contribution in [0.3, 0.4) is 0 Å². The highest BCUT2D eigenvalue weighted by Gasteiger charge is 2.59. The zero-order chi connectivity index (χ0) is 49.0. The van der Waals surface area contributed by atoms with Crippen LogP contribution in [-0.2, 0) is 14.2 Å². The van der Waals surface area contributed by atoms with Gasteiger partial charge in [-0.2, -0.15) is 0 Å². The number of nitrogens with zero attached hydrogens (tertiary/aromatic N) is 5. The van der Waals surface area contributed by atoms with E-state index in [1.807, 2.05) is 6.92 Å². The Bertz CT molecular complexity index is 1230. The Hall–Kier alpha value is -0.480. The Balaban J connectivity index is 3.15. The first-order valence-electron chi connectivity index (χ1n) is 25.9. The lowest BCUT2D eigenvalue weighted by atomic mass is 9.72. The summed E-state index contributed by atoms with van der Waals surface area (Å²) < 4.78 is 18.6. The fourth-order valence-corrected chi connectivity index (χ4v) is 9.73. The van der Waals surface area contributed by atoms with Crippen LogP contribution >= 0.6 is 0 Å². The molecule has 0 spiro atoms. The van der Waals surface area contributed by atoms with Crippen LogP contribution in [0.5, 0.6) is 0 Å². The maximum Gasteiger partial charge on any atom is 0.119 e. The number of rotatable bonds is 40. The van der Waals surface area contributed by atoms with Gasteiger partial charge >= 0.3 is 0 Å². The summed E-state index contributed by atoms with van der Waals surface area (Å²) in [6.45, 7) is 54.8. The number of nitrogens with two attached hydrogens (primary N) is 1. The molecule has 0 aromatic rings. The molecule has 12 heteroatoms. The number of ether oxygens (including phenoxy) is 3. The van der Waals surface area contributed by atoms with Crippen LogP contribution in [0, 0.1) is 22.7 Å². The first-order chi connectivity index (χ1) is 29.7. The standard InChI is InChI=1S/C52H111N7O5/c1-19-28-55(29-20-2)32-33-56(34-36-58(22-4)46(6,7)23-38-60)35-37-59(48(10,11)24-39-63-50(14,15)51(16)41-45(51)42-61)31-27-54-26-30-57(21-3)47(8,9)25-40-64-52(17,53)49(12,13)44(5)43-62-18/h44-45,54,60-61H,19-43,53H2,1-18H3. The fraction of sp³-hybridized carbons (Fsp3) is 1.00. The number of nitrogens with one attached hydrogen (secondary N) is 1. The summed E-state index contributed by atoms with van der Waals surface area (Å²) >= 11 is 0. The highest BCUT2D eigenvalue weighted by Crippen LogP contribution is 2.60. The number of aliphatic hydroxyl groups excluding tert-OH is 2. The summed E-state index contributed by atoms with van der Waals surface area (Å²) in [5.74, 6) is 0.583. The summed E-state index contributed by atoms with van der Waals surface area (Å²) in [6.07, 6.45) is 5.97. The van der Waals surface area contributed by atoms with Gasteiger partial charge in [-0.05, 0) is 139 Å². The number of likely N-dealkylation sites (N-methyl/N-ethyl adjacent to an activating group) is 2. The predicted molar refractivity (Wildman–Crippen MR) is 272 cm³/mol. The van der Waals surface area contributed by atoms with E-state index < -0.39 is 5.72 Å².